The minimum absolute atomic E-state index is 0.642. The fourth-order valence-corrected chi connectivity index (χ4v) is 5.08. The normalized spacial score (nSPS) is 57.0. The molecule has 0 heteroatoms. The second kappa shape index (κ2) is 2.15. The Morgan fingerprint density at radius 3 is 2.54 bits per heavy atom. The van der Waals surface area contributed by atoms with E-state index in [1.54, 1.807) is 19.3 Å². The topological polar surface area (TPSA) is 0 Å². The van der Waals surface area contributed by atoms with Gasteiger partial charge < -0.3 is 0 Å². The van der Waals surface area contributed by atoms with Crippen LogP contribution in [0, 0.1) is 28.6 Å². The standard InChI is InChI=1S/C13H22/c1-12(2)7-9-8-13(12,3)11-6-4-5-10(9)11/h9-11H,4-8H2,1-3H3. The number of fused-ring (bicyclic) bond motifs is 5. The molecular formula is C13H22. The highest BCUT2D eigenvalue weighted by Gasteiger charge is 2.63. The van der Waals surface area contributed by atoms with Crippen molar-refractivity contribution in [1.82, 2.24) is 0 Å². The molecule has 0 spiro atoms. The van der Waals surface area contributed by atoms with Gasteiger partial charge in [0.25, 0.3) is 0 Å². The van der Waals surface area contributed by atoms with E-state index in [0.29, 0.717) is 10.8 Å². The molecule has 13 heavy (non-hydrogen) atoms. The monoisotopic (exact) mass is 178 g/mol. The maximum atomic E-state index is 2.59. The Morgan fingerprint density at radius 1 is 1.00 bits per heavy atom. The molecule has 3 aliphatic carbocycles. The molecule has 4 atom stereocenters. The third-order valence-corrected chi connectivity index (χ3v) is 6.00. The molecule has 0 heterocycles. The molecular weight excluding hydrogens is 156 g/mol. The van der Waals surface area contributed by atoms with Crippen molar-refractivity contribution in [2.75, 3.05) is 0 Å². The van der Waals surface area contributed by atoms with Crippen LogP contribution in [0.1, 0.15) is 52.9 Å². The van der Waals surface area contributed by atoms with Crippen molar-refractivity contribution in [2.45, 2.75) is 52.9 Å². The lowest BCUT2D eigenvalue weighted by molar-refractivity contribution is 0.0287. The Morgan fingerprint density at radius 2 is 1.77 bits per heavy atom. The third kappa shape index (κ3) is 0.789. The number of hydrogen-bond donors (Lipinski definition) is 0. The summed E-state index contributed by atoms with van der Waals surface area (Å²) in [6.07, 6.45) is 7.69. The summed E-state index contributed by atoms with van der Waals surface area (Å²) in [4.78, 5) is 0. The smallest absolute Gasteiger partial charge is 0.0241 e. The van der Waals surface area contributed by atoms with Crippen LogP contribution in [0.2, 0.25) is 0 Å². The van der Waals surface area contributed by atoms with Crippen molar-refractivity contribution >= 4 is 0 Å². The quantitative estimate of drug-likeness (QED) is 0.528. The average molecular weight is 178 g/mol. The number of hydrogen-bond acceptors (Lipinski definition) is 0. The molecule has 3 aliphatic rings. The van der Waals surface area contributed by atoms with Gasteiger partial charge in [-0.3, -0.25) is 0 Å². The second-order valence-electron chi connectivity index (χ2n) is 6.67. The van der Waals surface area contributed by atoms with E-state index in [-0.39, 0.29) is 0 Å². The Balaban J connectivity index is 2.02. The second-order valence-corrected chi connectivity index (χ2v) is 6.67. The van der Waals surface area contributed by atoms with Gasteiger partial charge in [-0.2, -0.15) is 0 Å². The predicted molar refractivity (Wildman–Crippen MR) is 55.4 cm³/mol. The molecule has 3 fully saturated rings. The van der Waals surface area contributed by atoms with Crippen molar-refractivity contribution in [1.29, 1.82) is 0 Å². The van der Waals surface area contributed by atoms with Crippen LogP contribution in [0.3, 0.4) is 0 Å². The van der Waals surface area contributed by atoms with Gasteiger partial charge in [-0.15, -0.1) is 0 Å². The summed E-state index contributed by atoms with van der Waals surface area (Å²) in [6, 6.07) is 0. The third-order valence-electron chi connectivity index (χ3n) is 6.00. The largest absolute Gasteiger partial charge is 0.0594 e. The van der Waals surface area contributed by atoms with Crippen LogP contribution in [0.5, 0.6) is 0 Å². The minimum atomic E-state index is 0.642. The molecule has 0 amide bonds. The van der Waals surface area contributed by atoms with E-state index >= 15 is 0 Å². The van der Waals surface area contributed by atoms with Gasteiger partial charge in [0.05, 0.1) is 0 Å². The van der Waals surface area contributed by atoms with Gasteiger partial charge in [0.1, 0.15) is 0 Å². The van der Waals surface area contributed by atoms with Crippen molar-refractivity contribution in [3.63, 3.8) is 0 Å². The van der Waals surface area contributed by atoms with E-state index in [1.807, 2.05) is 0 Å². The summed E-state index contributed by atoms with van der Waals surface area (Å²) >= 11 is 0. The van der Waals surface area contributed by atoms with E-state index in [4.69, 9.17) is 0 Å². The molecule has 0 nitrogen and oxygen atoms in total. The Labute approximate surface area is 82.1 Å². The lowest BCUT2D eigenvalue weighted by Crippen LogP contribution is -2.39. The lowest BCUT2D eigenvalue weighted by atomic mass is 9.59. The number of rotatable bonds is 0. The first-order valence-electron chi connectivity index (χ1n) is 6.05. The maximum Gasteiger partial charge on any atom is -0.0241 e. The van der Waals surface area contributed by atoms with Crippen molar-refractivity contribution in [3.8, 4) is 0 Å². The van der Waals surface area contributed by atoms with Crippen LogP contribution in [-0.2, 0) is 0 Å². The SMILES string of the molecule is CC1(C)CC2CC1(C)C1CCCC21. The molecule has 74 valence electrons. The highest BCUT2D eigenvalue weighted by atomic mass is 14.7. The van der Waals surface area contributed by atoms with Crippen LogP contribution in [0.4, 0.5) is 0 Å². The molecule has 0 N–H and O–H groups in total. The summed E-state index contributed by atoms with van der Waals surface area (Å²) in [6.45, 7) is 7.62. The molecule has 0 saturated heterocycles. The zero-order chi connectivity index (χ0) is 9.27. The van der Waals surface area contributed by atoms with Gasteiger partial charge in [-0.1, -0.05) is 27.2 Å². The first-order valence-corrected chi connectivity index (χ1v) is 6.05. The molecule has 3 saturated carbocycles. The van der Waals surface area contributed by atoms with Crippen molar-refractivity contribution < 1.29 is 0 Å². The fourth-order valence-electron chi connectivity index (χ4n) is 5.08. The average Bonchev–Trinajstić information content (AvgIpc) is 2.59. The van der Waals surface area contributed by atoms with Crippen LogP contribution < -0.4 is 0 Å². The molecule has 3 rings (SSSR count). The summed E-state index contributed by atoms with van der Waals surface area (Å²) in [5, 5.41) is 0. The Bertz CT molecular complexity index is 240. The zero-order valence-electron chi connectivity index (χ0n) is 9.27. The van der Waals surface area contributed by atoms with Gasteiger partial charge in [0.2, 0.25) is 0 Å². The summed E-state index contributed by atoms with van der Waals surface area (Å²) in [5.41, 5.74) is 1.35. The van der Waals surface area contributed by atoms with Crippen LogP contribution in [0.25, 0.3) is 0 Å². The lowest BCUT2D eigenvalue weighted by Gasteiger charge is -2.46. The molecule has 0 aliphatic heterocycles. The summed E-state index contributed by atoms with van der Waals surface area (Å²) in [5.74, 6) is 3.34. The van der Waals surface area contributed by atoms with Gasteiger partial charge in [-0.25, -0.2) is 0 Å². The Kier molecular flexibility index (Phi) is 1.37. The predicted octanol–water partition coefficient (Wildman–Crippen LogP) is 3.86. The van der Waals surface area contributed by atoms with Gasteiger partial charge in [0.15, 0.2) is 0 Å². The zero-order valence-corrected chi connectivity index (χ0v) is 9.27. The first kappa shape index (κ1) is 8.32. The molecule has 0 aromatic heterocycles. The highest BCUT2D eigenvalue weighted by molar-refractivity contribution is 5.13. The summed E-state index contributed by atoms with van der Waals surface area (Å²) < 4.78 is 0. The van der Waals surface area contributed by atoms with Crippen LogP contribution in [0.15, 0.2) is 0 Å². The first-order chi connectivity index (χ1) is 6.05. The van der Waals surface area contributed by atoms with Gasteiger partial charge >= 0.3 is 0 Å². The molecule has 4 unspecified atom stereocenters. The molecule has 2 bridgehead atoms. The van der Waals surface area contributed by atoms with E-state index in [9.17, 15) is 0 Å². The Hall–Kier alpha value is 0. The summed E-state index contributed by atoms with van der Waals surface area (Å²) in [7, 11) is 0. The fraction of sp³-hybridized carbons (Fsp3) is 1.00. The highest BCUT2D eigenvalue weighted by Crippen LogP contribution is 2.72. The van der Waals surface area contributed by atoms with E-state index in [0.717, 1.165) is 17.8 Å². The minimum Gasteiger partial charge on any atom is -0.0594 e. The van der Waals surface area contributed by atoms with Crippen LogP contribution >= 0.6 is 0 Å². The molecule has 0 radical (unpaired) electrons. The van der Waals surface area contributed by atoms with Gasteiger partial charge in [0, 0.05) is 0 Å². The van der Waals surface area contributed by atoms with Crippen molar-refractivity contribution in [3.05, 3.63) is 0 Å². The van der Waals surface area contributed by atoms with Crippen molar-refractivity contribution in [2.24, 2.45) is 28.6 Å². The van der Waals surface area contributed by atoms with E-state index < -0.39 is 0 Å². The van der Waals surface area contributed by atoms with Gasteiger partial charge in [-0.05, 0) is 54.3 Å². The van der Waals surface area contributed by atoms with Crippen LogP contribution in [-0.4, -0.2) is 0 Å². The molecule has 0 aromatic rings. The van der Waals surface area contributed by atoms with E-state index in [2.05, 4.69) is 20.8 Å². The van der Waals surface area contributed by atoms with E-state index in [1.165, 1.54) is 12.8 Å². The molecule has 0 aromatic carbocycles. The maximum absolute atomic E-state index is 2.59.